The van der Waals surface area contributed by atoms with Gasteiger partial charge in [0, 0.05) is 26.9 Å². The molecule has 1 saturated carbocycles. The number of benzene rings is 2. The quantitative estimate of drug-likeness (QED) is 0.522. The molecule has 6 heteroatoms. The Kier molecular flexibility index (Phi) is 4.60. The van der Waals surface area contributed by atoms with Crippen molar-refractivity contribution in [2.75, 3.05) is 14.2 Å². The predicted octanol–water partition coefficient (Wildman–Crippen LogP) is 6.01. The van der Waals surface area contributed by atoms with Gasteiger partial charge in [0.2, 0.25) is 0 Å². The highest BCUT2D eigenvalue weighted by Gasteiger charge is 2.50. The van der Waals surface area contributed by atoms with Crippen molar-refractivity contribution in [2.24, 2.45) is 0 Å². The highest BCUT2D eigenvalue weighted by atomic mass is 35.5. The number of hydrogen-bond donors (Lipinski definition) is 0. The number of aromatic nitrogens is 1. The Morgan fingerprint density at radius 3 is 2.52 bits per heavy atom. The van der Waals surface area contributed by atoms with Gasteiger partial charge in [-0.25, -0.2) is 9.37 Å². The van der Waals surface area contributed by atoms with Crippen LogP contribution in [0.1, 0.15) is 28.3 Å². The maximum atomic E-state index is 13.5. The van der Waals surface area contributed by atoms with Crippen LogP contribution in [0, 0.1) is 12.7 Å². The average molecular weight is 404 g/mol. The topological polar surface area (TPSA) is 31.4 Å². The maximum Gasteiger partial charge on any atom is 0.131 e. The summed E-state index contributed by atoms with van der Waals surface area (Å²) in [5.41, 5.74) is 2.57. The molecule has 3 aromatic rings. The van der Waals surface area contributed by atoms with E-state index in [1.54, 1.807) is 31.6 Å². The van der Waals surface area contributed by atoms with E-state index >= 15 is 0 Å². The van der Waals surface area contributed by atoms with Crippen molar-refractivity contribution in [1.29, 1.82) is 0 Å². The molecule has 0 N–H and O–H groups in total. The Bertz CT molecular complexity index is 1010. The van der Waals surface area contributed by atoms with Crippen LogP contribution in [0.5, 0.6) is 11.5 Å². The molecular formula is C21H19ClFNO2S. The maximum absolute atomic E-state index is 13.5. The monoisotopic (exact) mass is 403 g/mol. The van der Waals surface area contributed by atoms with Crippen LogP contribution in [-0.4, -0.2) is 19.2 Å². The number of rotatable bonds is 5. The summed E-state index contributed by atoms with van der Waals surface area (Å²) in [6.07, 6.45) is 1.93. The molecule has 1 aliphatic rings. The molecule has 0 bridgehead atoms. The third-order valence-corrected chi connectivity index (χ3v) is 6.55. The molecule has 1 aliphatic carbocycles. The van der Waals surface area contributed by atoms with Crippen molar-refractivity contribution < 1.29 is 13.9 Å². The number of nitrogens with zero attached hydrogens (tertiary/aromatic N) is 1. The van der Waals surface area contributed by atoms with E-state index in [0.717, 1.165) is 51.0 Å². The number of methoxy groups -OCH3 is 2. The molecule has 0 aliphatic heterocycles. The summed E-state index contributed by atoms with van der Waals surface area (Å²) in [5.74, 6) is 1.14. The first-order chi connectivity index (χ1) is 13.0. The van der Waals surface area contributed by atoms with Crippen LogP contribution in [0.3, 0.4) is 0 Å². The lowest BCUT2D eigenvalue weighted by Gasteiger charge is -2.14. The van der Waals surface area contributed by atoms with Crippen molar-refractivity contribution >= 4 is 22.9 Å². The second kappa shape index (κ2) is 6.80. The minimum absolute atomic E-state index is 0.210. The Hall–Kier alpha value is -2.11. The smallest absolute Gasteiger partial charge is 0.131 e. The minimum Gasteiger partial charge on any atom is -0.497 e. The summed E-state index contributed by atoms with van der Waals surface area (Å²) in [5, 5.41) is 1.48. The zero-order valence-corrected chi connectivity index (χ0v) is 16.9. The van der Waals surface area contributed by atoms with Crippen LogP contribution in [0.15, 0.2) is 36.4 Å². The largest absolute Gasteiger partial charge is 0.497 e. The van der Waals surface area contributed by atoms with Gasteiger partial charge in [-0.05, 0) is 49.6 Å². The predicted molar refractivity (Wildman–Crippen MR) is 107 cm³/mol. The average Bonchev–Trinajstić information content (AvgIpc) is 3.37. The number of halogens is 2. The van der Waals surface area contributed by atoms with Gasteiger partial charge in [0.15, 0.2) is 0 Å². The summed E-state index contributed by atoms with van der Waals surface area (Å²) in [4.78, 5) is 6.07. The van der Waals surface area contributed by atoms with Crippen molar-refractivity contribution in [1.82, 2.24) is 4.98 Å². The zero-order chi connectivity index (χ0) is 19.2. The van der Waals surface area contributed by atoms with Crippen molar-refractivity contribution in [3.8, 4) is 22.8 Å². The van der Waals surface area contributed by atoms with Gasteiger partial charge in [-0.15, -0.1) is 11.3 Å². The van der Waals surface area contributed by atoms with E-state index in [2.05, 4.69) is 6.92 Å². The molecule has 0 unspecified atom stereocenters. The van der Waals surface area contributed by atoms with E-state index in [9.17, 15) is 4.39 Å². The molecule has 27 heavy (non-hydrogen) atoms. The fraction of sp³-hybridized carbons (Fsp3) is 0.286. The second-order valence-electron chi connectivity index (χ2n) is 6.70. The number of hydrogen-bond acceptors (Lipinski definition) is 4. The van der Waals surface area contributed by atoms with Crippen LogP contribution in [0.4, 0.5) is 4.39 Å². The van der Waals surface area contributed by atoms with Crippen LogP contribution < -0.4 is 9.47 Å². The molecule has 1 aromatic heterocycles. The van der Waals surface area contributed by atoms with Gasteiger partial charge in [-0.1, -0.05) is 17.7 Å². The van der Waals surface area contributed by atoms with E-state index in [0.29, 0.717) is 5.02 Å². The molecule has 2 aromatic carbocycles. The van der Waals surface area contributed by atoms with Crippen LogP contribution in [-0.2, 0) is 5.41 Å². The molecule has 0 saturated heterocycles. The van der Waals surface area contributed by atoms with Crippen molar-refractivity contribution in [3.05, 3.63) is 62.7 Å². The third-order valence-electron chi connectivity index (χ3n) is 5.07. The van der Waals surface area contributed by atoms with Gasteiger partial charge < -0.3 is 9.47 Å². The molecule has 4 rings (SSSR count). The molecule has 1 heterocycles. The molecule has 0 amide bonds. The van der Waals surface area contributed by atoms with Gasteiger partial charge in [0.25, 0.3) is 0 Å². The summed E-state index contributed by atoms with van der Waals surface area (Å²) >= 11 is 8.02. The summed E-state index contributed by atoms with van der Waals surface area (Å²) in [7, 11) is 3.27. The number of ether oxygens (including phenoxy) is 2. The SMILES string of the molecule is COc1ccc(-c2nc(C3(c4ccc(F)cc4Cl)CC3)sc2C)c(OC)c1. The summed E-state index contributed by atoms with van der Waals surface area (Å²) in [6.45, 7) is 2.06. The van der Waals surface area contributed by atoms with E-state index in [1.165, 1.54) is 12.1 Å². The number of aryl methyl sites for hydroxylation is 1. The Morgan fingerprint density at radius 1 is 1.11 bits per heavy atom. The molecule has 0 atom stereocenters. The molecule has 1 fully saturated rings. The number of thiazole rings is 1. The van der Waals surface area contributed by atoms with Crippen LogP contribution >= 0.6 is 22.9 Å². The first-order valence-electron chi connectivity index (χ1n) is 8.64. The fourth-order valence-corrected chi connectivity index (χ4v) is 4.98. The normalized spacial score (nSPS) is 14.9. The van der Waals surface area contributed by atoms with Gasteiger partial charge >= 0.3 is 0 Å². The fourth-order valence-electron chi connectivity index (χ4n) is 3.45. The summed E-state index contributed by atoms with van der Waals surface area (Å²) in [6, 6.07) is 10.4. The van der Waals surface area contributed by atoms with E-state index in [1.807, 2.05) is 18.2 Å². The van der Waals surface area contributed by atoms with Crippen LogP contribution in [0.2, 0.25) is 5.02 Å². The van der Waals surface area contributed by atoms with E-state index in [4.69, 9.17) is 26.1 Å². The first kappa shape index (κ1) is 18.3. The molecule has 3 nitrogen and oxygen atoms in total. The van der Waals surface area contributed by atoms with Crippen molar-refractivity contribution in [3.63, 3.8) is 0 Å². The summed E-state index contributed by atoms with van der Waals surface area (Å²) < 4.78 is 24.3. The lowest BCUT2D eigenvalue weighted by Crippen LogP contribution is -2.09. The highest BCUT2D eigenvalue weighted by molar-refractivity contribution is 7.12. The Balaban J connectivity index is 1.79. The Labute approximate surface area is 166 Å². The minimum atomic E-state index is -0.321. The van der Waals surface area contributed by atoms with E-state index in [-0.39, 0.29) is 11.2 Å². The van der Waals surface area contributed by atoms with Gasteiger partial charge in [-0.2, -0.15) is 0 Å². The molecule has 140 valence electrons. The van der Waals surface area contributed by atoms with Gasteiger partial charge in [-0.3, -0.25) is 0 Å². The molecule has 0 radical (unpaired) electrons. The molecule has 0 spiro atoms. The van der Waals surface area contributed by atoms with Crippen molar-refractivity contribution in [2.45, 2.75) is 25.2 Å². The van der Waals surface area contributed by atoms with Gasteiger partial charge in [0.05, 0.1) is 19.9 Å². The lowest BCUT2D eigenvalue weighted by atomic mass is 9.96. The van der Waals surface area contributed by atoms with Gasteiger partial charge in [0.1, 0.15) is 22.3 Å². The lowest BCUT2D eigenvalue weighted by molar-refractivity contribution is 0.395. The third kappa shape index (κ3) is 3.09. The zero-order valence-electron chi connectivity index (χ0n) is 15.3. The Morgan fingerprint density at radius 2 is 1.89 bits per heavy atom. The second-order valence-corrected chi connectivity index (χ2v) is 8.31. The highest BCUT2D eigenvalue weighted by Crippen LogP contribution is 2.57. The van der Waals surface area contributed by atoms with Crippen LogP contribution in [0.25, 0.3) is 11.3 Å². The van der Waals surface area contributed by atoms with E-state index < -0.39 is 0 Å². The standard InChI is InChI=1S/C21H19ClFNO2S/c1-12-19(15-6-5-14(25-2)11-18(15)26-3)24-20(27-12)21(8-9-21)16-7-4-13(23)10-17(16)22/h4-7,10-11H,8-9H2,1-3H3. The first-order valence-corrected chi connectivity index (χ1v) is 9.84. The molecular weight excluding hydrogens is 385 g/mol.